The number of benzene rings is 1. The minimum atomic E-state index is -4.56. The van der Waals surface area contributed by atoms with Crippen LogP contribution in [0.15, 0.2) is 29.4 Å². The SMILES string of the molecule is N/C(=N/O)C(CNc1ccc(I)cc1)C(F)(F)F. The fraction of sp³-hybridized carbons (Fsp3) is 0.300. The molecule has 0 aliphatic carbocycles. The van der Waals surface area contributed by atoms with Crippen LogP contribution in [0.2, 0.25) is 0 Å². The zero-order valence-electron chi connectivity index (χ0n) is 9.08. The number of hydrogen-bond acceptors (Lipinski definition) is 3. The molecule has 0 bridgehead atoms. The van der Waals surface area contributed by atoms with E-state index in [1.807, 2.05) is 0 Å². The molecule has 1 atom stereocenters. The van der Waals surface area contributed by atoms with Crippen LogP contribution in [0.4, 0.5) is 18.9 Å². The third-order valence-electron chi connectivity index (χ3n) is 2.22. The summed E-state index contributed by atoms with van der Waals surface area (Å²) >= 11 is 2.09. The summed E-state index contributed by atoms with van der Waals surface area (Å²) in [5.41, 5.74) is 5.57. The summed E-state index contributed by atoms with van der Waals surface area (Å²) in [5, 5.41) is 13.3. The van der Waals surface area contributed by atoms with Crippen LogP contribution in [0.5, 0.6) is 0 Å². The van der Waals surface area contributed by atoms with E-state index in [1.54, 1.807) is 24.3 Å². The number of halogens is 4. The molecule has 1 aromatic rings. The van der Waals surface area contributed by atoms with Gasteiger partial charge in [0.1, 0.15) is 5.92 Å². The maximum atomic E-state index is 12.6. The standard InChI is InChI=1S/C10H11F3IN3O/c11-10(12,13)8(9(15)17-18)5-16-7-3-1-6(14)2-4-7/h1-4,8,16,18H,5H2,(H2,15,17). The summed E-state index contributed by atoms with van der Waals surface area (Å²) in [6, 6.07) is 6.83. The maximum Gasteiger partial charge on any atom is 0.400 e. The molecular weight excluding hydrogens is 362 g/mol. The van der Waals surface area contributed by atoms with Crippen molar-refractivity contribution in [2.45, 2.75) is 6.18 Å². The van der Waals surface area contributed by atoms with Gasteiger partial charge >= 0.3 is 6.18 Å². The second-order valence-corrected chi connectivity index (χ2v) is 4.75. The summed E-state index contributed by atoms with van der Waals surface area (Å²) in [4.78, 5) is 0. The highest BCUT2D eigenvalue weighted by Crippen LogP contribution is 2.26. The van der Waals surface area contributed by atoms with Gasteiger partial charge in [-0.3, -0.25) is 0 Å². The van der Waals surface area contributed by atoms with Gasteiger partial charge in [-0.25, -0.2) is 0 Å². The number of nitrogens with one attached hydrogen (secondary N) is 1. The normalized spacial score (nSPS) is 14.3. The van der Waals surface area contributed by atoms with Crippen LogP contribution in [0.1, 0.15) is 0 Å². The first kappa shape index (κ1) is 14.9. The van der Waals surface area contributed by atoms with Gasteiger partial charge in [-0.15, -0.1) is 0 Å². The van der Waals surface area contributed by atoms with Crippen LogP contribution in [0.3, 0.4) is 0 Å². The smallest absolute Gasteiger partial charge is 0.400 e. The molecular formula is C10H11F3IN3O. The topological polar surface area (TPSA) is 70.6 Å². The number of nitrogens with zero attached hydrogens (tertiary/aromatic N) is 1. The van der Waals surface area contributed by atoms with Gasteiger partial charge in [0.15, 0.2) is 5.84 Å². The molecule has 0 heterocycles. The molecule has 1 unspecified atom stereocenters. The quantitative estimate of drug-likeness (QED) is 0.250. The second-order valence-electron chi connectivity index (χ2n) is 3.51. The van der Waals surface area contributed by atoms with E-state index >= 15 is 0 Å². The van der Waals surface area contributed by atoms with Crippen molar-refractivity contribution in [3.05, 3.63) is 27.8 Å². The summed E-state index contributed by atoms with van der Waals surface area (Å²) in [5.74, 6) is -2.89. The average molecular weight is 373 g/mol. The van der Waals surface area contributed by atoms with Crippen molar-refractivity contribution >= 4 is 34.1 Å². The molecule has 0 saturated carbocycles. The fourth-order valence-corrected chi connectivity index (χ4v) is 1.60. The Bertz CT molecular complexity index is 419. The number of hydrogen-bond donors (Lipinski definition) is 3. The van der Waals surface area contributed by atoms with Crippen molar-refractivity contribution < 1.29 is 18.4 Å². The lowest BCUT2D eigenvalue weighted by Crippen LogP contribution is -2.40. The van der Waals surface area contributed by atoms with E-state index in [2.05, 4.69) is 33.1 Å². The van der Waals surface area contributed by atoms with Gasteiger partial charge in [0.2, 0.25) is 0 Å². The van der Waals surface area contributed by atoms with E-state index in [4.69, 9.17) is 10.9 Å². The number of anilines is 1. The van der Waals surface area contributed by atoms with Crippen molar-refractivity contribution in [1.29, 1.82) is 0 Å². The van der Waals surface area contributed by atoms with Crippen LogP contribution in [-0.4, -0.2) is 23.8 Å². The highest BCUT2D eigenvalue weighted by molar-refractivity contribution is 14.1. The van der Waals surface area contributed by atoms with Gasteiger partial charge in [0.25, 0.3) is 0 Å². The second kappa shape index (κ2) is 6.12. The first-order valence-electron chi connectivity index (χ1n) is 4.88. The summed E-state index contributed by atoms with van der Waals surface area (Å²) in [6.45, 7) is -0.486. The molecule has 0 amide bonds. The first-order valence-corrected chi connectivity index (χ1v) is 5.96. The number of alkyl halides is 3. The molecule has 0 aromatic heterocycles. The molecule has 0 aliphatic rings. The molecule has 4 N–H and O–H groups in total. The molecule has 1 rings (SSSR count). The molecule has 0 fully saturated rings. The van der Waals surface area contributed by atoms with Crippen molar-refractivity contribution in [3.63, 3.8) is 0 Å². The van der Waals surface area contributed by atoms with Crippen molar-refractivity contribution in [3.8, 4) is 0 Å². The molecule has 0 radical (unpaired) electrons. The van der Waals surface area contributed by atoms with Crippen LogP contribution in [-0.2, 0) is 0 Å². The van der Waals surface area contributed by atoms with E-state index in [0.717, 1.165) is 3.57 Å². The molecule has 1 aromatic carbocycles. The monoisotopic (exact) mass is 373 g/mol. The predicted molar refractivity (Wildman–Crippen MR) is 70.6 cm³/mol. The Morgan fingerprint density at radius 2 is 1.94 bits per heavy atom. The van der Waals surface area contributed by atoms with Crippen LogP contribution >= 0.6 is 22.6 Å². The highest BCUT2D eigenvalue weighted by Gasteiger charge is 2.42. The zero-order valence-corrected chi connectivity index (χ0v) is 11.2. The van der Waals surface area contributed by atoms with Crippen molar-refractivity contribution in [2.24, 2.45) is 16.8 Å². The summed E-state index contributed by atoms with van der Waals surface area (Å²) in [6.07, 6.45) is -4.56. The highest BCUT2D eigenvalue weighted by atomic mass is 127. The van der Waals surface area contributed by atoms with Gasteiger partial charge in [-0.05, 0) is 46.9 Å². The Morgan fingerprint density at radius 3 is 2.39 bits per heavy atom. The van der Waals surface area contributed by atoms with Crippen molar-refractivity contribution in [1.82, 2.24) is 0 Å². The third kappa shape index (κ3) is 4.24. The minimum Gasteiger partial charge on any atom is -0.409 e. The van der Waals surface area contributed by atoms with Gasteiger partial charge < -0.3 is 16.3 Å². The van der Waals surface area contributed by atoms with E-state index in [-0.39, 0.29) is 0 Å². The molecule has 0 spiro atoms. The fourth-order valence-electron chi connectivity index (χ4n) is 1.25. The number of nitrogens with two attached hydrogens (primary N) is 1. The number of amidine groups is 1. The van der Waals surface area contributed by atoms with E-state index in [9.17, 15) is 13.2 Å². The molecule has 0 aliphatic heterocycles. The van der Waals surface area contributed by atoms with Gasteiger partial charge in [-0.1, -0.05) is 5.16 Å². The average Bonchev–Trinajstić information content (AvgIpc) is 2.29. The molecule has 100 valence electrons. The van der Waals surface area contributed by atoms with E-state index in [1.165, 1.54) is 0 Å². The van der Waals surface area contributed by atoms with E-state index in [0.29, 0.717) is 5.69 Å². The molecule has 4 nitrogen and oxygen atoms in total. The van der Waals surface area contributed by atoms with Gasteiger partial charge in [0.05, 0.1) is 0 Å². The lowest BCUT2D eigenvalue weighted by Gasteiger charge is -2.19. The maximum absolute atomic E-state index is 12.6. The predicted octanol–water partition coefficient (Wildman–Crippen LogP) is 2.63. The number of oxime groups is 1. The third-order valence-corrected chi connectivity index (χ3v) is 2.94. The Labute approximate surface area is 115 Å². The van der Waals surface area contributed by atoms with E-state index < -0.39 is 24.5 Å². The molecule has 8 heteroatoms. The Hall–Kier alpha value is -1.19. The summed E-state index contributed by atoms with van der Waals surface area (Å²) < 4.78 is 38.8. The first-order chi connectivity index (χ1) is 8.34. The Morgan fingerprint density at radius 1 is 1.39 bits per heavy atom. The lowest BCUT2D eigenvalue weighted by molar-refractivity contribution is -0.152. The largest absolute Gasteiger partial charge is 0.409 e. The molecule has 18 heavy (non-hydrogen) atoms. The van der Waals surface area contributed by atoms with Crippen LogP contribution in [0.25, 0.3) is 0 Å². The van der Waals surface area contributed by atoms with Crippen LogP contribution in [0, 0.1) is 9.49 Å². The minimum absolute atomic E-state index is 0.486. The van der Waals surface area contributed by atoms with Crippen molar-refractivity contribution in [2.75, 3.05) is 11.9 Å². The van der Waals surface area contributed by atoms with Gasteiger partial charge in [-0.2, -0.15) is 13.2 Å². The zero-order chi connectivity index (χ0) is 13.8. The Balaban J connectivity index is 2.71. The molecule has 0 saturated heterocycles. The summed E-state index contributed by atoms with van der Waals surface area (Å²) in [7, 11) is 0. The lowest BCUT2D eigenvalue weighted by atomic mass is 10.1. The van der Waals surface area contributed by atoms with Gasteiger partial charge in [0, 0.05) is 15.8 Å². The number of rotatable bonds is 4. The van der Waals surface area contributed by atoms with Crippen LogP contribution < -0.4 is 11.1 Å². The Kier molecular flexibility index (Phi) is 5.05.